The minimum atomic E-state index is -4.75. The molecule has 2 aromatic carbocycles. The number of rotatable bonds is 5. The summed E-state index contributed by atoms with van der Waals surface area (Å²) in [7, 11) is 0. The maximum Gasteiger partial charge on any atom is 0.416 e. The van der Waals surface area contributed by atoms with Gasteiger partial charge < -0.3 is 4.74 Å². The summed E-state index contributed by atoms with van der Waals surface area (Å²) in [6.07, 6.45) is 2.21. The highest BCUT2D eigenvalue weighted by Crippen LogP contribution is 2.44. The molecule has 30 heavy (non-hydrogen) atoms. The van der Waals surface area contributed by atoms with Crippen molar-refractivity contribution in [1.29, 1.82) is 0 Å². The van der Waals surface area contributed by atoms with Crippen LogP contribution in [0.1, 0.15) is 41.9 Å². The fourth-order valence-corrected chi connectivity index (χ4v) is 3.48. The Labute approximate surface area is 169 Å². The van der Waals surface area contributed by atoms with Crippen molar-refractivity contribution in [3.63, 3.8) is 0 Å². The van der Waals surface area contributed by atoms with E-state index < -0.39 is 30.0 Å². The Bertz CT molecular complexity index is 1050. The minimum absolute atomic E-state index is 0.0840. The lowest BCUT2D eigenvalue weighted by Gasteiger charge is -2.28. The molecule has 0 saturated heterocycles. The van der Waals surface area contributed by atoms with E-state index in [1.807, 2.05) is 0 Å². The zero-order valence-corrected chi connectivity index (χ0v) is 15.7. The maximum absolute atomic E-state index is 15.4. The van der Waals surface area contributed by atoms with Crippen molar-refractivity contribution in [2.75, 3.05) is 0 Å². The molecule has 0 amide bonds. The number of nitrogens with zero attached hydrogens (tertiary/aromatic N) is 2. The van der Waals surface area contributed by atoms with E-state index in [1.54, 1.807) is 12.1 Å². The van der Waals surface area contributed by atoms with Gasteiger partial charge in [0.2, 0.25) is 0 Å². The molecule has 0 spiro atoms. The van der Waals surface area contributed by atoms with Gasteiger partial charge in [-0.25, -0.2) is 8.78 Å². The summed E-state index contributed by atoms with van der Waals surface area (Å²) < 4.78 is 74.2. The smallest absolute Gasteiger partial charge is 0.416 e. The molecule has 1 saturated carbocycles. The topological polar surface area (TPSA) is 35.0 Å². The molecule has 1 aliphatic rings. The summed E-state index contributed by atoms with van der Waals surface area (Å²) in [5.74, 6) is -1.71. The van der Waals surface area contributed by atoms with Crippen LogP contribution in [-0.4, -0.2) is 9.97 Å². The first kappa shape index (κ1) is 20.3. The second-order valence-corrected chi connectivity index (χ2v) is 7.15. The summed E-state index contributed by atoms with van der Waals surface area (Å²) in [5.41, 5.74) is -0.359. The van der Waals surface area contributed by atoms with Crippen LogP contribution in [-0.2, 0) is 12.8 Å². The van der Waals surface area contributed by atoms with Gasteiger partial charge in [-0.15, -0.1) is 0 Å². The molecule has 0 bridgehead atoms. The van der Waals surface area contributed by atoms with E-state index in [2.05, 4.69) is 9.97 Å². The molecule has 4 rings (SSSR count). The molecule has 0 N–H and O–H groups in total. The van der Waals surface area contributed by atoms with Gasteiger partial charge in [-0.05, 0) is 37.0 Å². The van der Waals surface area contributed by atoms with Crippen molar-refractivity contribution >= 4 is 0 Å². The van der Waals surface area contributed by atoms with E-state index in [0.29, 0.717) is 11.6 Å². The van der Waals surface area contributed by atoms with Crippen molar-refractivity contribution in [3.8, 4) is 17.0 Å². The quantitative estimate of drug-likeness (QED) is 0.455. The Hall–Kier alpha value is -3.03. The molecule has 1 heterocycles. The summed E-state index contributed by atoms with van der Waals surface area (Å²) in [5, 5.41) is 0. The molecular weight excluding hydrogens is 403 g/mol. The van der Waals surface area contributed by atoms with Gasteiger partial charge in [-0.1, -0.05) is 18.6 Å². The first-order valence-corrected chi connectivity index (χ1v) is 9.42. The fraction of sp³-hybridized carbons (Fsp3) is 0.273. The van der Waals surface area contributed by atoms with E-state index in [-0.39, 0.29) is 28.5 Å². The standard InChI is InChI=1S/C22H17F5N2O/c23-15-5-4-14(18(10-15)22(25,26)27)12-30-21-16(13-2-1-3-13)6-7-17(20(21)24)19-11-28-8-9-29-19/h4-11,13H,1-3,12H2. The maximum atomic E-state index is 15.4. The number of hydrogen-bond acceptors (Lipinski definition) is 3. The summed E-state index contributed by atoms with van der Waals surface area (Å²) in [6.45, 7) is -0.546. The third-order valence-electron chi connectivity index (χ3n) is 5.26. The first-order chi connectivity index (χ1) is 14.3. The van der Waals surface area contributed by atoms with Crippen molar-refractivity contribution < 1.29 is 26.7 Å². The second-order valence-electron chi connectivity index (χ2n) is 7.15. The SMILES string of the molecule is Fc1ccc(COc2c(C3CCC3)ccc(-c3cnccn3)c2F)c(C(F)(F)F)c1. The molecule has 0 radical (unpaired) electrons. The van der Waals surface area contributed by atoms with E-state index in [1.165, 1.54) is 18.6 Å². The summed E-state index contributed by atoms with van der Waals surface area (Å²) in [4.78, 5) is 8.01. The molecule has 0 aliphatic heterocycles. The highest BCUT2D eigenvalue weighted by Gasteiger charge is 2.34. The number of aromatic nitrogens is 2. The zero-order valence-electron chi connectivity index (χ0n) is 15.7. The number of ether oxygens (including phenoxy) is 1. The normalized spacial score (nSPS) is 14.4. The molecule has 1 aliphatic carbocycles. The number of hydrogen-bond donors (Lipinski definition) is 0. The van der Waals surface area contributed by atoms with Crippen molar-refractivity contribution in [3.05, 3.63) is 77.2 Å². The lowest BCUT2D eigenvalue weighted by molar-refractivity contribution is -0.138. The van der Waals surface area contributed by atoms with Gasteiger partial charge in [0, 0.05) is 29.1 Å². The molecule has 3 aromatic rings. The van der Waals surface area contributed by atoms with Gasteiger partial charge in [0.15, 0.2) is 11.6 Å². The van der Waals surface area contributed by atoms with Gasteiger partial charge in [0.05, 0.1) is 17.5 Å². The number of halogens is 5. The van der Waals surface area contributed by atoms with Crippen LogP contribution < -0.4 is 4.74 Å². The first-order valence-electron chi connectivity index (χ1n) is 9.42. The number of benzene rings is 2. The molecule has 0 atom stereocenters. The van der Waals surface area contributed by atoms with Crippen LogP contribution in [0.2, 0.25) is 0 Å². The van der Waals surface area contributed by atoms with Crippen molar-refractivity contribution in [2.45, 2.75) is 38.0 Å². The van der Waals surface area contributed by atoms with Crippen LogP contribution in [0, 0.1) is 11.6 Å². The summed E-state index contributed by atoms with van der Waals surface area (Å²) >= 11 is 0. The van der Waals surface area contributed by atoms with Gasteiger partial charge >= 0.3 is 6.18 Å². The zero-order chi connectivity index (χ0) is 21.3. The third-order valence-corrected chi connectivity index (χ3v) is 5.26. The predicted octanol–water partition coefficient (Wildman–Crippen LogP) is 6.29. The Morgan fingerprint density at radius 2 is 1.83 bits per heavy atom. The Balaban J connectivity index is 1.71. The van der Waals surface area contributed by atoms with Crippen LogP contribution in [0.4, 0.5) is 22.0 Å². The highest BCUT2D eigenvalue weighted by molar-refractivity contribution is 5.63. The average molecular weight is 420 g/mol. The molecule has 1 fully saturated rings. The van der Waals surface area contributed by atoms with E-state index in [0.717, 1.165) is 31.4 Å². The molecule has 1 aromatic heterocycles. The van der Waals surface area contributed by atoms with E-state index >= 15 is 4.39 Å². The minimum Gasteiger partial charge on any atom is -0.485 e. The van der Waals surface area contributed by atoms with Crippen LogP contribution in [0.25, 0.3) is 11.3 Å². The van der Waals surface area contributed by atoms with Crippen LogP contribution in [0.15, 0.2) is 48.9 Å². The largest absolute Gasteiger partial charge is 0.485 e. The lowest BCUT2D eigenvalue weighted by atomic mass is 9.79. The van der Waals surface area contributed by atoms with E-state index in [9.17, 15) is 17.6 Å². The van der Waals surface area contributed by atoms with Crippen LogP contribution in [0.5, 0.6) is 5.75 Å². The predicted molar refractivity (Wildman–Crippen MR) is 99.8 cm³/mol. The molecule has 8 heteroatoms. The van der Waals surface area contributed by atoms with Crippen molar-refractivity contribution in [2.24, 2.45) is 0 Å². The molecule has 0 unspecified atom stereocenters. The fourth-order valence-electron chi connectivity index (χ4n) is 3.48. The van der Waals surface area contributed by atoms with Crippen LogP contribution in [0.3, 0.4) is 0 Å². The number of alkyl halides is 3. The third kappa shape index (κ3) is 3.99. The lowest BCUT2D eigenvalue weighted by Crippen LogP contribution is -2.14. The monoisotopic (exact) mass is 420 g/mol. The van der Waals surface area contributed by atoms with Gasteiger partial charge in [-0.2, -0.15) is 13.2 Å². The van der Waals surface area contributed by atoms with Gasteiger partial charge in [0.1, 0.15) is 12.4 Å². The summed E-state index contributed by atoms with van der Waals surface area (Å²) in [6, 6.07) is 5.65. The molecular formula is C22H17F5N2O. The van der Waals surface area contributed by atoms with Gasteiger partial charge in [0.25, 0.3) is 0 Å². The van der Waals surface area contributed by atoms with Crippen molar-refractivity contribution in [1.82, 2.24) is 9.97 Å². The average Bonchev–Trinajstić information content (AvgIpc) is 2.67. The second kappa shape index (κ2) is 8.01. The van der Waals surface area contributed by atoms with Gasteiger partial charge in [-0.3, -0.25) is 9.97 Å². The molecule has 156 valence electrons. The Morgan fingerprint density at radius 3 is 2.47 bits per heavy atom. The Kier molecular flexibility index (Phi) is 5.40. The van der Waals surface area contributed by atoms with Crippen LogP contribution >= 0.6 is 0 Å². The molecule has 3 nitrogen and oxygen atoms in total. The van der Waals surface area contributed by atoms with E-state index in [4.69, 9.17) is 4.74 Å². The highest BCUT2D eigenvalue weighted by atomic mass is 19.4. The Morgan fingerprint density at radius 1 is 1.03 bits per heavy atom.